The number of fused-ring (bicyclic) bond motifs is 1. The van der Waals surface area contributed by atoms with Crippen LogP contribution in [0.1, 0.15) is 18.4 Å². The van der Waals surface area contributed by atoms with Gasteiger partial charge in [-0.05, 0) is 35.6 Å². The molecule has 0 unspecified atom stereocenters. The lowest BCUT2D eigenvalue weighted by Gasteiger charge is -2.12. The number of rotatable bonds is 7. The molecule has 2 aromatic carbocycles. The van der Waals surface area contributed by atoms with Crippen LogP contribution in [0.25, 0.3) is 10.8 Å². The Morgan fingerprint density at radius 2 is 1.86 bits per heavy atom. The number of benzene rings is 2. The Morgan fingerprint density at radius 1 is 1.14 bits per heavy atom. The molecule has 5 nitrogen and oxygen atoms in total. The van der Waals surface area contributed by atoms with Crippen molar-refractivity contribution in [3.05, 3.63) is 48.0 Å². The smallest absolute Gasteiger partial charge is 0.327 e. The monoisotopic (exact) mass is 309 g/mol. The van der Waals surface area contributed by atoms with Crippen LogP contribution in [0, 0.1) is 0 Å². The van der Waals surface area contributed by atoms with Gasteiger partial charge in [0.05, 0.1) is 6.61 Å². The van der Waals surface area contributed by atoms with E-state index in [0.29, 0.717) is 12.8 Å². The predicted molar refractivity (Wildman–Crippen MR) is 82.4 cm³/mol. The van der Waals surface area contributed by atoms with Crippen LogP contribution in [0.15, 0.2) is 42.5 Å². The van der Waals surface area contributed by atoms with E-state index in [4.69, 9.17) is 10.3 Å². The molecule has 0 spiro atoms. The molecule has 0 saturated carbocycles. The molecule has 0 bridgehead atoms. The summed E-state index contributed by atoms with van der Waals surface area (Å²) in [6.45, 7) is -0.0513. The highest BCUT2D eigenvalue weighted by Gasteiger charge is 2.07. The molecule has 0 aliphatic carbocycles. The lowest BCUT2D eigenvalue weighted by molar-refractivity contribution is 0.259. The maximum absolute atomic E-state index is 10.4. The first-order valence-corrected chi connectivity index (χ1v) is 8.16. The van der Waals surface area contributed by atoms with E-state index in [0.717, 1.165) is 12.0 Å². The molecule has 0 fully saturated rings. The van der Waals surface area contributed by atoms with Crippen LogP contribution < -0.4 is 5.73 Å². The molecule has 6 heteroatoms. The van der Waals surface area contributed by atoms with Crippen molar-refractivity contribution < 1.29 is 17.2 Å². The summed E-state index contributed by atoms with van der Waals surface area (Å²) >= 11 is 0. The van der Waals surface area contributed by atoms with Crippen molar-refractivity contribution in [2.75, 3.05) is 6.61 Å². The van der Waals surface area contributed by atoms with E-state index in [-0.39, 0.29) is 12.6 Å². The minimum Gasteiger partial charge on any atom is -0.327 e. The molecule has 0 heterocycles. The summed E-state index contributed by atoms with van der Waals surface area (Å²) in [7, 11) is -4.35. The van der Waals surface area contributed by atoms with Gasteiger partial charge in [-0.25, -0.2) is 4.18 Å². The zero-order valence-corrected chi connectivity index (χ0v) is 12.4. The molecule has 114 valence electrons. The van der Waals surface area contributed by atoms with Gasteiger partial charge in [0, 0.05) is 6.04 Å². The lowest BCUT2D eigenvalue weighted by Crippen LogP contribution is -2.23. The van der Waals surface area contributed by atoms with E-state index in [2.05, 4.69) is 34.5 Å². The van der Waals surface area contributed by atoms with Gasteiger partial charge in [0.1, 0.15) is 0 Å². The van der Waals surface area contributed by atoms with Crippen LogP contribution in [0.4, 0.5) is 0 Å². The highest BCUT2D eigenvalue weighted by atomic mass is 32.3. The molecule has 3 N–H and O–H groups in total. The van der Waals surface area contributed by atoms with Crippen molar-refractivity contribution in [1.29, 1.82) is 0 Å². The second kappa shape index (κ2) is 7.00. The Kier molecular flexibility index (Phi) is 5.30. The van der Waals surface area contributed by atoms with Crippen molar-refractivity contribution in [3.63, 3.8) is 0 Å². The molecule has 0 amide bonds. The van der Waals surface area contributed by atoms with Crippen LogP contribution >= 0.6 is 0 Å². The first-order chi connectivity index (χ1) is 9.94. The van der Waals surface area contributed by atoms with Crippen molar-refractivity contribution in [3.8, 4) is 0 Å². The summed E-state index contributed by atoms with van der Waals surface area (Å²) in [6.07, 6.45) is 1.83. The standard InChI is InChI=1S/C15H19NO4S/c16-15(6-3-9-20-21(17,18)19)11-12-7-8-13-4-1-2-5-14(13)10-12/h1-2,4-5,7-8,10,15H,3,6,9,11,16H2,(H,17,18,19)/t15-/m0/s1. The van der Waals surface area contributed by atoms with Gasteiger partial charge >= 0.3 is 10.4 Å². The lowest BCUT2D eigenvalue weighted by atomic mass is 10.00. The van der Waals surface area contributed by atoms with Gasteiger partial charge in [-0.15, -0.1) is 0 Å². The van der Waals surface area contributed by atoms with Crippen molar-refractivity contribution >= 4 is 21.2 Å². The van der Waals surface area contributed by atoms with Crippen LogP contribution in [0.3, 0.4) is 0 Å². The Bertz CT molecular complexity index is 700. The van der Waals surface area contributed by atoms with Gasteiger partial charge in [-0.1, -0.05) is 42.5 Å². The highest BCUT2D eigenvalue weighted by molar-refractivity contribution is 7.80. The third kappa shape index (κ3) is 5.43. The number of nitrogens with two attached hydrogens (primary N) is 1. The normalized spacial score (nSPS) is 13.4. The quantitative estimate of drug-likeness (QED) is 0.605. The summed E-state index contributed by atoms with van der Waals surface area (Å²) in [5, 5.41) is 2.37. The van der Waals surface area contributed by atoms with Crippen LogP contribution in [-0.2, 0) is 21.0 Å². The fraction of sp³-hybridized carbons (Fsp3) is 0.333. The van der Waals surface area contributed by atoms with Gasteiger partial charge in [0.2, 0.25) is 0 Å². The fourth-order valence-corrected chi connectivity index (χ4v) is 2.61. The Balaban J connectivity index is 1.85. The molecule has 0 radical (unpaired) electrons. The van der Waals surface area contributed by atoms with E-state index in [1.165, 1.54) is 10.8 Å². The largest absolute Gasteiger partial charge is 0.397 e. The fourth-order valence-electron chi connectivity index (χ4n) is 2.28. The average molecular weight is 309 g/mol. The second-order valence-corrected chi connectivity index (χ2v) is 6.13. The third-order valence-electron chi connectivity index (χ3n) is 3.26. The van der Waals surface area contributed by atoms with Gasteiger partial charge in [0.15, 0.2) is 0 Å². The predicted octanol–water partition coefficient (Wildman–Crippen LogP) is 2.31. The first kappa shape index (κ1) is 15.9. The third-order valence-corrected chi connectivity index (χ3v) is 3.73. The SMILES string of the molecule is N[C@@H](CCCOS(=O)(=O)O)Cc1ccc2ccccc2c1. The molecule has 2 aromatic rings. The summed E-state index contributed by atoms with van der Waals surface area (Å²) in [5.74, 6) is 0. The molecule has 1 atom stereocenters. The minimum absolute atomic E-state index is 0.0513. The molecule has 0 aliphatic rings. The van der Waals surface area contributed by atoms with E-state index in [9.17, 15) is 8.42 Å². The molecule has 0 aromatic heterocycles. The van der Waals surface area contributed by atoms with Crippen molar-refractivity contribution in [2.24, 2.45) is 5.73 Å². The summed E-state index contributed by atoms with van der Waals surface area (Å²) in [6, 6.07) is 14.3. The van der Waals surface area contributed by atoms with Gasteiger partial charge in [-0.2, -0.15) is 8.42 Å². The van der Waals surface area contributed by atoms with Crippen molar-refractivity contribution in [1.82, 2.24) is 0 Å². The molecular formula is C15H19NO4S. The summed E-state index contributed by atoms with van der Waals surface area (Å²) < 4.78 is 33.5. The molecule has 2 rings (SSSR count). The van der Waals surface area contributed by atoms with Gasteiger partial charge < -0.3 is 5.73 Å². The van der Waals surface area contributed by atoms with Gasteiger partial charge in [-0.3, -0.25) is 4.55 Å². The van der Waals surface area contributed by atoms with E-state index < -0.39 is 10.4 Å². The minimum atomic E-state index is -4.35. The molecule has 21 heavy (non-hydrogen) atoms. The van der Waals surface area contributed by atoms with Crippen LogP contribution in [0.2, 0.25) is 0 Å². The van der Waals surface area contributed by atoms with Crippen LogP contribution in [-0.4, -0.2) is 25.6 Å². The summed E-state index contributed by atoms with van der Waals surface area (Å²) in [4.78, 5) is 0. The maximum Gasteiger partial charge on any atom is 0.397 e. The topological polar surface area (TPSA) is 89.6 Å². The molecule has 0 aliphatic heterocycles. The van der Waals surface area contributed by atoms with Crippen molar-refractivity contribution in [2.45, 2.75) is 25.3 Å². The van der Waals surface area contributed by atoms with E-state index in [1.807, 2.05) is 12.1 Å². The average Bonchev–Trinajstić information content (AvgIpc) is 2.42. The number of hydrogen-bond donors (Lipinski definition) is 2. The Hall–Kier alpha value is -1.47. The zero-order chi connectivity index (χ0) is 15.3. The summed E-state index contributed by atoms with van der Waals surface area (Å²) in [5.41, 5.74) is 7.18. The molecule has 0 saturated heterocycles. The maximum atomic E-state index is 10.4. The van der Waals surface area contributed by atoms with E-state index >= 15 is 0 Å². The first-order valence-electron chi connectivity index (χ1n) is 6.79. The second-order valence-electron chi connectivity index (χ2n) is 5.04. The zero-order valence-electron chi connectivity index (χ0n) is 11.6. The van der Waals surface area contributed by atoms with Gasteiger partial charge in [0.25, 0.3) is 0 Å². The number of hydrogen-bond acceptors (Lipinski definition) is 4. The van der Waals surface area contributed by atoms with E-state index in [1.54, 1.807) is 0 Å². The highest BCUT2D eigenvalue weighted by Crippen LogP contribution is 2.17. The Labute approximate surface area is 124 Å². The molecular weight excluding hydrogens is 290 g/mol. The van der Waals surface area contributed by atoms with Crippen LogP contribution in [0.5, 0.6) is 0 Å². The Morgan fingerprint density at radius 3 is 2.57 bits per heavy atom.